The lowest BCUT2D eigenvalue weighted by Gasteiger charge is -2.25. The number of pyridine rings is 1. The normalized spacial score (nSPS) is 15.3. The number of amides is 1. The van der Waals surface area contributed by atoms with Gasteiger partial charge >= 0.3 is 0 Å². The third-order valence-electron chi connectivity index (χ3n) is 6.68. The number of ketones is 1. The van der Waals surface area contributed by atoms with Crippen molar-refractivity contribution in [2.45, 2.75) is 25.8 Å². The Morgan fingerprint density at radius 1 is 1.00 bits per heavy atom. The lowest BCUT2D eigenvalue weighted by molar-refractivity contribution is 0.0743. The minimum atomic E-state index is -0.272. The molecule has 35 heavy (non-hydrogen) atoms. The molecule has 0 spiro atoms. The molecule has 0 aliphatic carbocycles. The molecule has 2 heterocycles. The molecule has 0 radical (unpaired) electrons. The second-order valence-electron chi connectivity index (χ2n) is 8.97. The summed E-state index contributed by atoms with van der Waals surface area (Å²) in [7, 11) is 0. The molecule has 1 aromatic heterocycles. The van der Waals surface area contributed by atoms with Gasteiger partial charge in [-0.25, -0.2) is 0 Å². The molecule has 1 unspecified atom stereocenters. The van der Waals surface area contributed by atoms with Crippen molar-refractivity contribution in [3.8, 4) is 11.1 Å². The zero-order chi connectivity index (χ0) is 24.4. The van der Waals surface area contributed by atoms with E-state index >= 15 is 0 Å². The smallest absolute Gasteiger partial charge is 0.254 e. The van der Waals surface area contributed by atoms with Crippen LogP contribution in [0.2, 0.25) is 0 Å². The molecule has 1 fully saturated rings. The number of nitrogens with one attached hydrogen (secondary N) is 2. The second kappa shape index (κ2) is 9.58. The zero-order valence-electron chi connectivity index (χ0n) is 19.6. The average Bonchev–Trinajstić information content (AvgIpc) is 3.36. The standard InChI is InChI=1S/C29H27N3O3/c1-19(33)26-18-31-27-14-13-23(16-25(27)28(26)34)30-17-24-8-5-15-32(24)29(35)22-11-9-21(10-12-22)20-6-3-2-4-7-20/h2-4,6-7,9-14,16,18,24,30H,5,8,15,17H2,1H3,(H,31,34). The SMILES string of the molecule is CC(=O)c1c[nH]c2ccc(NCC3CCCN3C(=O)c3ccc(-c4ccccc4)cc3)cc2c1=O. The molecule has 176 valence electrons. The van der Waals surface area contributed by atoms with E-state index in [1.54, 1.807) is 6.07 Å². The van der Waals surface area contributed by atoms with Crippen LogP contribution in [0.3, 0.4) is 0 Å². The highest BCUT2D eigenvalue weighted by molar-refractivity contribution is 5.97. The van der Waals surface area contributed by atoms with Crippen molar-refractivity contribution in [3.05, 3.63) is 100 Å². The summed E-state index contributed by atoms with van der Waals surface area (Å²) in [6.07, 6.45) is 3.34. The lowest BCUT2D eigenvalue weighted by atomic mass is 10.0. The monoisotopic (exact) mass is 465 g/mol. The fourth-order valence-corrected chi connectivity index (χ4v) is 4.74. The Bertz CT molecular complexity index is 1440. The van der Waals surface area contributed by atoms with Crippen molar-refractivity contribution < 1.29 is 9.59 Å². The topological polar surface area (TPSA) is 82.3 Å². The molecule has 5 rings (SSSR count). The summed E-state index contributed by atoms with van der Waals surface area (Å²) in [5.74, 6) is -0.224. The number of Topliss-reactive ketones (excluding diaryl/α,β-unsaturated/α-hetero) is 1. The van der Waals surface area contributed by atoms with E-state index in [1.165, 1.54) is 13.1 Å². The van der Waals surface area contributed by atoms with Crippen LogP contribution in [0.5, 0.6) is 0 Å². The van der Waals surface area contributed by atoms with Gasteiger partial charge in [0.05, 0.1) is 5.56 Å². The van der Waals surface area contributed by atoms with Crippen LogP contribution in [-0.2, 0) is 0 Å². The molecule has 1 aliphatic rings. The van der Waals surface area contributed by atoms with Crippen molar-refractivity contribution in [1.29, 1.82) is 0 Å². The molecule has 0 saturated carbocycles. The summed E-state index contributed by atoms with van der Waals surface area (Å²) in [5.41, 5.74) is 4.25. The van der Waals surface area contributed by atoms with Gasteiger partial charge in [0.25, 0.3) is 5.91 Å². The molecule has 1 atom stereocenters. The van der Waals surface area contributed by atoms with Crippen LogP contribution >= 0.6 is 0 Å². The summed E-state index contributed by atoms with van der Waals surface area (Å²) >= 11 is 0. The number of H-pyrrole nitrogens is 1. The number of anilines is 1. The van der Waals surface area contributed by atoms with E-state index in [2.05, 4.69) is 22.4 Å². The van der Waals surface area contributed by atoms with Gasteiger partial charge in [-0.05, 0) is 61.2 Å². The highest BCUT2D eigenvalue weighted by Gasteiger charge is 2.29. The highest BCUT2D eigenvalue weighted by Crippen LogP contribution is 2.24. The second-order valence-corrected chi connectivity index (χ2v) is 8.97. The first-order valence-corrected chi connectivity index (χ1v) is 11.9. The number of aromatic nitrogens is 1. The fraction of sp³-hybridized carbons (Fsp3) is 0.207. The third-order valence-corrected chi connectivity index (χ3v) is 6.68. The maximum absolute atomic E-state index is 13.3. The number of carbonyl (C=O) groups is 2. The van der Waals surface area contributed by atoms with E-state index < -0.39 is 0 Å². The molecule has 4 aromatic rings. The Morgan fingerprint density at radius 3 is 2.49 bits per heavy atom. The molecule has 1 aliphatic heterocycles. The quantitative estimate of drug-likeness (QED) is 0.388. The summed E-state index contributed by atoms with van der Waals surface area (Å²) in [5, 5.41) is 3.86. The van der Waals surface area contributed by atoms with Gasteiger partial charge in [-0.1, -0.05) is 42.5 Å². The number of rotatable bonds is 6. The minimum Gasteiger partial charge on any atom is -0.383 e. The first-order valence-electron chi connectivity index (χ1n) is 11.9. The molecule has 3 aromatic carbocycles. The number of fused-ring (bicyclic) bond motifs is 1. The van der Waals surface area contributed by atoms with Gasteiger partial charge in [0.2, 0.25) is 0 Å². The first-order chi connectivity index (χ1) is 17.0. The Hall–Kier alpha value is -4.19. The summed E-state index contributed by atoms with van der Waals surface area (Å²) < 4.78 is 0. The molecular formula is C29H27N3O3. The number of benzene rings is 3. The fourth-order valence-electron chi connectivity index (χ4n) is 4.74. The van der Waals surface area contributed by atoms with Crippen LogP contribution in [0, 0.1) is 0 Å². The summed E-state index contributed by atoms with van der Waals surface area (Å²) in [6.45, 7) is 2.70. The average molecular weight is 466 g/mol. The van der Waals surface area contributed by atoms with Crippen molar-refractivity contribution in [2.75, 3.05) is 18.4 Å². The van der Waals surface area contributed by atoms with Crippen LogP contribution in [0.25, 0.3) is 22.0 Å². The Morgan fingerprint density at radius 2 is 1.74 bits per heavy atom. The van der Waals surface area contributed by atoms with Gasteiger partial charge in [-0.15, -0.1) is 0 Å². The molecule has 1 amide bonds. The van der Waals surface area contributed by atoms with Gasteiger partial charge < -0.3 is 15.2 Å². The van der Waals surface area contributed by atoms with Crippen molar-refractivity contribution in [2.24, 2.45) is 0 Å². The van der Waals surface area contributed by atoms with Gasteiger partial charge in [0.1, 0.15) is 0 Å². The van der Waals surface area contributed by atoms with Crippen LogP contribution in [-0.4, -0.2) is 40.7 Å². The van der Waals surface area contributed by atoms with Gasteiger partial charge in [0, 0.05) is 47.5 Å². The van der Waals surface area contributed by atoms with E-state index in [-0.39, 0.29) is 28.7 Å². The Balaban J connectivity index is 1.29. The largest absolute Gasteiger partial charge is 0.383 e. The summed E-state index contributed by atoms with van der Waals surface area (Å²) in [4.78, 5) is 42.6. The predicted molar refractivity (Wildman–Crippen MR) is 139 cm³/mol. The highest BCUT2D eigenvalue weighted by atomic mass is 16.2. The van der Waals surface area contributed by atoms with Crippen molar-refractivity contribution in [3.63, 3.8) is 0 Å². The summed E-state index contributed by atoms with van der Waals surface area (Å²) in [6, 6.07) is 23.5. The minimum absolute atomic E-state index is 0.0370. The Labute approximate surface area is 203 Å². The van der Waals surface area contributed by atoms with Crippen molar-refractivity contribution in [1.82, 2.24) is 9.88 Å². The zero-order valence-corrected chi connectivity index (χ0v) is 19.6. The molecule has 1 saturated heterocycles. The molecule has 0 bridgehead atoms. The maximum atomic E-state index is 13.3. The molecule has 2 N–H and O–H groups in total. The van der Waals surface area contributed by atoms with Crippen LogP contribution in [0.15, 0.2) is 83.8 Å². The molecule has 6 nitrogen and oxygen atoms in total. The van der Waals surface area contributed by atoms with Gasteiger partial charge in [-0.2, -0.15) is 0 Å². The maximum Gasteiger partial charge on any atom is 0.254 e. The van der Waals surface area contributed by atoms with Gasteiger partial charge in [0.15, 0.2) is 11.2 Å². The van der Waals surface area contributed by atoms with E-state index in [0.717, 1.165) is 36.2 Å². The van der Waals surface area contributed by atoms with E-state index in [0.29, 0.717) is 23.0 Å². The van der Waals surface area contributed by atoms with E-state index in [9.17, 15) is 14.4 Å². The lowest BCUT2D eigenvalue weighted by Crippen LogP contribution is -2.39. The van der Waals surface area contributed by atoms with Crippen molar-refractivity contribution >= 4 is 28.3 Å². The number of aromatic amines is 1. The van der Waals surface area contributed by atoms with E-state index in [1.807, 2.05) is 59.5 Å². The Kier molecular flexibility index (Phi) is 6.19. The molecular weight excluding hydrogens is 438 g/mol. The number of hydrogen-bond acceptors (Lipinski definition) is 4. The number of nitrogens with zero attached hydrogens (tertiary/aromatic N) is 1. The van der Waals surface area contributed by atoms with Crippen LogP contribution in [0.4, 0.5) is 5.69 Å². The third kappa shape index (κ3) is 4.60. The number of carbonyl (C=O) groups excluding carboxylic acids is 2. The van der Waals surface area contributed by atoms with Crippen LogP contribution in [0.1, 0.15) is 40.5 Å². The number of hydrogen-bond donors (Lipinski definition) is 2. The van der Waals surface area contributed by atoms with Gasteiger partial charge in [-0.3, -0.25) is 14.4 Å². The first kappa shape index (κ1) is 22.6. The molecule has 6 heteroatoms. The number of likely N-dealkylation sites (tertiary alicyclic amines) is 1. The van der Waals surface area contributed by atoms with E-state index in [4.69, 9.17) is 0 Å². The van der Waals surface area contributed by atoms with Crippen LogP contribution < -0.4 is 10.7 Å². The predicted octanol–water partition coefficient (Wildman–Crippen LogP) is 5.11.